The predicted molar refractivity (Wildman–Crippen MR) is 117 cm³/mol. The number of anilines is 1. The summed E-state index contributed by atoms with van der Waals surface area (Å²) in [4.78, 5) is 50.7. The highest BCUT2D eigenvalue weighted by molar-refractivity contribution is 9.10. The normalized spacial score (nSPS) is 13.1. The topological polar surface area (TPSA) is 89.5 Å². The van der Waals surface area contributed by atoms with E-state index in [1.54, 1.807) is 30.3 Å². The summed E-state index contributed by atoms with van der Waals surface area (Å²) in [6, 6.07) is 14.8. The van der Waals surface area contributed by atoms with E-state index in [2.05, 4.69) is 21.2 Å². The summed E-state index contributed by atoms with van der Waals surface area (Å²) in [6.45, 7) is 1.32. The molecule has 0 heterocycles. The molecule has 0 bridgehead atoms. The molecule has 8 heteroatoms. The van der Waals surface area contributed by atoms with Crippen LogP contribution in [-0.4, -0.2) is 29.5 Å². The zero-order valence-corrected chi connectivity index (χ0v) is 18.2. The standard InChI is InChI=1S/C24H15BrFNO5/c1-12(32-24(31)16-10-9-13(25)11-18(16)26)23(30)27-19-8-4-7-17-20(19)22(29)15-6-3-2-5-14(15)21(17)28/h2-12H,1H3,(H,27,30). The van der Waals surface area contributed by atoms with E-state index in [-0.39, 0.29) is 33.7 Å². The minimum atomic E-state index is -1.29. The maximum Gasteiger partial charge on any atom is 0.341 e. The van der Waals surface area contributed by atoms with Crippen LogP contribution in [0.3, 0.4) is 0 Å². The summed E-state index contributed by atoms with van der Waals surface area (Å²) in [5.74, 6) is -3.25. The van der Waals surface area contributed by atoms with Gasteiger partial charge in [0.25, 0.3) is 5.91 Å². The highest BCUT2D eigenvalue weighted by atomic mass is 79.9. The Morgan fingerprint density at radius 2 is 1.59 bits per heavy atom. The van der Waals surface area contributed by atoms with Crippen LogP contribution in [0.2, 0.25) is 0 Å². The molecule has 0 aliphatic heterocycles. The molecule has 32 heavy (non-hydrogen) atoms. The second-order valence-electron chi connectivity index (χ2n) is 7.09. The van der Waals surface area contributed by atoms with Crippen LogP contribution < -0.4 is 5.32 Å². The van der Waals surface area contributed by atoms with Gasteiger partial charge in [-0.15, -0.1) is 0 Å². The van der Waals surface area contributed by atoms with Crippen molar-refractivity contribution in [1.29, 1.82) is 0 Å². The fraction of sp³-hybridized carbons (Fsp3) is 0.0833. The Labute approximate surface area is 190 Å². The second kappa shape index (κ2) is 8.47. The monoisotopic (exact) mass is 495 g/mol. The van der Waals surface area contributed by atoms with Gasteiger partial charge in [0.2, 0.25) is 0 Å². The third-order valence-electron chi connectivity index (χ3n) is 5.01. The maximum atomic E-state index is 14.0. The van der Waals surface area contributed by atoms with E-state index in [0.29, 0.717) is 10.0 Å². The first kappa shape index (κ1) is 21.6. The van der Waals surface area contributed by atoms with Gasteiger partial charge in [-0.2, -0.15) is 0 Å². The van der Waals surface area contributed by atoms with Crippen molar-refractivity contribution < 1.29 is 28.3 Å². The van der Waals surface area contributed by atoms with Gasteiger partial charge >= 0.3 is 5.97 Å². The predicted octanol–water partition coefficient (Wildman–Crippen LogP) is 4.55. The van der Waals surface area contributed by atoms with E-state index < -0.39 is 29.6 Å². The van der Waals surface area contributed by atoms with Crippen molar-refractivity contribution in [2.75, 3.05) is 5.32 Å². The summed E-state index contributed by atoms with van der Waals surface area (Å²) < 4.78 is 19.5. The van der Waals surface area contributed by atoms with Crippen LogP contribution >= 0.6 is 15.9 Å². The zero-order chi connectivity index (χ0) is 23.0. The van der Waals surface area contributed by atoms with Crippen LogP contribution in [0.15, 0.2) is 65.1 Å². The first-order chi connectivity index (χ1) is 15.3. The quantitative estimate of drug-likeness (QED) is 0.419. The van der Waals surface area contributed by atoms with Crippen LogP contribution in [0.5, 0.6) is 0 Å². The average molecular weight is 496 g/mol. The Hall–Kier alpha value is -3.65. The van der Waals surface area contributed by atoms with Gasteiger partial charge in [-0.3, -0.25) is 14.4 Å². The SMILES string of the molecule is CC(OC(=O)c1ccc(Br)cc1F)C(=O)Nc1cccc2c1C(=O)c1ccccc1C2=O. The molecule has 1 aliphatic carbocycles. The molecule has 0 spiro atoms. The fourth-order valence-corrected chi connectivity index (χ4v) is 3.75. The summed E-state index contributed by atoms with van der Waals surface area (Å²) >= 11 is 3.10. The molecular weight excluding hydrogens is 481 g/mol. The van der Waals surface area contributed by atoms with Crippen molar-refractivity contribution in [2.45, 2.75) is 13.0 Å². The number of halogens is 2. The zero-order valence-electron chi connectivity index (χ0n) is 16.6. The number of carbonyl (C=O) groups excluding carboxylic acids is 4. The molecule has 0 radical (unpaired) electrons. The molecule has 160 valence electrons. The molecule has 1 atom stereocenters. The van der Waals surface area contributed by atoms with Crippen molar-refractivity contribution in [3.8, 4) is 0 Å². The highest BCUT2D eigenvalue weighted by Crippen LogP contribution is 2.32. The minimum Gasteiger partial charge on any atom is -0.449 e. The lowest BCUT2D eigenvalue weighted by atomic mass is 9.83. The minimum absolute atomic E-state index is 0.0713. The van der Waals surface area contributed by atoms with Gasteiger partial charge in [0.15, 0.2) is 17.7 Å². The molecule has 0 aromatic heterocycles. The molecule has 1 unspecified atom stereocenters. The summed E-state index contributed by atoms with van der Waals surface area (Å²) in [5, 5.41) is 2.54. The first-order valence-corrected chi connectivity index (χ1v) is 10.4. The van der Waals surface area contributed by atoms with Crippen molar-refractivity contribution in [2.24, 2.45) is 0 Å². The van der Waals surface area contributed by atoms with Gasteiger partial charge in [0, 0.05) is 21.2 Å². The third-order valence-corrected chi connectivity index (χ3v) is 5.51. The smallest absolute Gasteiger partial charge is 0.341 e. The van der Waals surface area contributed by atoms with Crippen molar-refractivity contribution >= 4 is 45.1 Å². The van der Waals surface area contributed by atoms with Crippen molar-refractivity contribution in [3.63, 3.8) is 0 Å². The Morgan fingerprint density at radius 3 is 2.28 bits per heavy atom. The molecule has 3 aromatic carbocycles. The fourth-order valence-electron chi connectivity index (χ4n) is 3.42. The molecule has 6 nitrogen and oxygen atoms in total. The molecule has 4 rings (SSSR count). The number of hydrogen-bond acceptors (Lipinski definition) is 5. The average Bonchev–Trinajstić information content (AvgIpc) is 2.77. The Bertz CT molecular complexity index is 1300. The molecule has 3 aromatic rings. The number of nitrogens with one attached hydrogen (secondary N) is 1. The van der Waals surface area contributed by atoms with E-state index in [9.17, 15) is 23.6 Å². The van der Waals surface area contributed by atoms with Gasteiger partial charge < -0.3 is 10.1 Å². The number of benzene rings is 3. The summed E-state index contributed by atoms with van der Waals surface area (Å²) in [7, 11) is 0. The number of ether oxygens (including phenoxy) is 1. The van der Waals surface area contributed by atoms with Gasteiger partial charge in [-0.25, -0.2) is 9.18 Å². The molecule has 0 saturated carbocycles. The molecular formula is C24H15BrFNO5. The third kappa shape index (κ3) is 3.85. The van der Waals surface area contributed by atoms with E-state index in [4.69, 9.17) is 4.74 Å². The van der Waals surface area contributed by atoms with Crippen LogP contribution in [0.25, 0.3) is 0 Å². The van der Waals surface area contributed by atoms with Crippen molar-refractivity contribution in [1.82, 2.24) is 0 Å². The van der Waals surface area contributed by atoms with E-state index in [1.807, 2.05) is 0 Å². The Balaban J connectivity index is 1.56. The van der Waals surface area contributed by atoms with Crippen LogP contribution in [0, 0.1) is 5.82 Å². The van der Waals surface area contributed by atoms with Crippen LogP contribution in [0.4, 0.5) is 10.1 Å². The first-order valence-electron chi connectivity index (χ1n) is 9.56. The molecule has 0 saturated heterocycles. The maximum absolute atomic E-state index is 14.0. The molecule has 1 N–H and O–H groups in total. The van der Waals surface area contributed by atoms with Gasteiger partial charge in [0.05, 0.1) is 16.8 Å². The lowest BCUT2D eigenvalue weighted by Crippen LogP contribution is -2.31. The van der Waals surface area contributed by atoms with Gasteiger partial charge in [-0.05, 0) is 31.2 Å². The number of ketones is 2. The van der Waals surface area contributed by atoms with Crippen LogP contribution in [-0.2, 0) is 9.53 Å². The Morgan fingerprint density at radius 1 is 0.938 bits per heavy atom. The lowest BCUT2D eigenvalue weighted by Gasteiger charge is -2.21. The second-order valence-corrected chi connectivity index (χ2v) is 8.01. The number of fused-ring (bicyclic) bond motifs is 2. The molecule has 1 aliphatic rings. The van der Waals surface area contributed by atoms with Gasteiger partial charge in [-0.1, -0.05) is 52.3 Å². The number of amides is 1. The lowest BCUT2D eigenvalue weighted by molar-refractivity contribution is -0.123. The molecule has 0 fully saturated rings. The van der Waals surface area contributed by atoms with E-state index in [0.717, 1.165) is 6.07 Å². The summed E-state index contributed by atoms with van der Waals surface area (Å²) in [5.41, 5.74) is 0.597. The number of esters is 1. The van der Waals surface area contributed by atoms with E-state index >= 15 is 0 Å². The van der Waals surface area contributed by atoms with E-state index in [1.165, 1.54) is 31.2 Å². The molecule has 1 amide bonds. The van der Waals surface area contributed by atoms with Gasteiger partial charge in [0.1, 0.15) is 5.82 Å². The van der Waals surface area contributed by atoms with Crippen LogP contribution in [0.1, 0.15) is 49.1 Å². The number of rotatable bonds is 4. The summed E-state index contributed by atoms with van der Waals surface area (Å²) in [6.07, 6.45) is -1.29. The highest BCUT2D eigenvalue weighted by Gasteiger charge is 2.32. The number of hydrogen-bond donors (Lipinski definition) is 1. The number of carbonyl (C=O) groups is 4. The Kier molecular flexibility index (Phi) is 5.71. The largest absolute Gasteiger partial charge is 0.449 e. The van der Waals surface area contributed by atoms with Crippen molar-refractivity contribution in [3.05, 3.63) is 98.8 Å².